The summed E-state index contributed by atoms with van der Waals surface area (Å²) < 4.78 is 14.2. The third kappa shape index (κ3) is 5.83. The van der Waals surface area contributed by atoms with E-state index < -0.39 is 0 Å². The van der Waals surface area contributed by atoms with Gasteiger partial charge in [0.2, 0.25) is 0 Å². The Hall–Kier alpha value is -3.71. The molecule has 0 amide bonds. The molecule has 2 aliphatic rings. The smallest absolute Gasteiger partial charge is 0.123 e. The van der Waals surface area contributed by atoms with Crippen molar-refractivity contribution >= 4 is 11.1 Å². The van der Waals surface area contributed by atoms with Gasteiger partial charge in [-0.2, -0.15) is 0 Å². The molecule has 2 atom stereocenters. The van der Waals surface area contributed by atoms with Crippen LogP contribution in [0.15, 0.2) is 115 Å². The zero-order chi connectivity index (χ0) is 27.5. The summed E-state index contributed by atoms with van der Waals surface area (Å²) in [5.41, 5.74) is 14.1. The second kappa shape index (κ2) is 11.6. The van der Waals surface area contributed by atoms with E-state index in [-0.39, 0.29) is 17.7 Å². The third-order valence-corrected chi connectivity index (χ3v) is 8.54. The van der Waals surface area contributed by atoms with Crippen molar-refractivity contribution in [3.8, 4) is 0 Å². The topological polar surface area (TPSA) is 0 Å². The van der Waals surface area contributed by atoms with Gasteiger partial charge in [-0.1, -0.05) is 110 Å². The lowest BCUT2D eigenvalue weighted by Gasteiger charge is -2.26. The fraction of sp³-hybridized carbons (Fsp3) is 0.263. The Morgan fingerprint density at radius 2 is 1.72 bits per heavy atom. The number of aryl methyl sites for hydroxylation is 2. The number of halogens is 1. The Morgan fingerprint density at radius 1 is 0.949 bits per heavy atom. The molecule has 3 aromatic carbocycles. The molecular weight excluding hydrogens is 475 g/mol. The Balaban J connectivity index is 1.46. The molecule has 2 unspecified atom stereocenters. The lowest BCUT2D eigenvalue weighted by atomic mass is 9.78. The molecule has 0 aliphatic heterocycles. The average Bonchev–Trinajstić information content (AvgIpc) is 3.60. The zero-order valence-corrected chi connectivity index (χ0v) is 23.6. The molecule has 0 heterocycles. The maximum Gasteiger partial charge on any atom is 0.123 e. The van der Waals surface area contributed by atoms with Gasteiger partial charge in [0.15, 0.2) is 0 Å². The van der Waals surface area contributed by atoms with Gasteiger partial charge >= 0.3 is 0 Å². The molecule has 1 heteroatoms. The van der Waals surface area contributed by atoms with Crippen LogP contribution in [0.25, 0.3) is 11.1 Å². The SMILES string of the molecule is C=C(C)C1=CC=C(CCc2cccc(C3CC(c4ccc(C)cc4)=CC3C(=C)c3cccc(F)c3)c2CC)C1. The highest BCUT2D eigenvalue weighted by atomic mass is 19.1. The number of allylic oxidation sites excluding steroid dienone is 8. The number of hydrogen-bond acceptors (Lipinski definition) is 0. The minimum absolute atomic E-state index is 0.114. The van der Waals surface area contributed by atoms with Crippen molar-refractivity contribution < 1.29 is 4.39 Å². The number of hydrogen-bond donors (Lipinski definition) is 0. The van der Waals surface area contributed by atoms with Gasteiger partial charge in [-0.15, -0.1) is 0 Å². The Morgan fingerprint density at radius 3 is 2.41 bits per heavy atom. The number of rotatable bonds is 9. The van der Waals surface area contributed by atoms with Crippen LogP contribution < -0.4 is 0 Å². The molecule has 0 fully saturated rings. The summed E-state index contributed by atoms with van der Waals surface area (Å²) in [5, 5.41) is 0. The van der Waals surface area contributed by atoms with Gasteiger partial charge in [0, 0.05) is 5.92 Å². The Bertz CT molecular complexity index is 1490. The van der Waals surface area contributed by atoms with Gasteiger partial charge in [-0.05, 0) is 109 Å². The summed E-state index contributed by atoms with van der Waals surface area (Å²) in [6.07, 6.45) is 12.0. The summed E-state index contributed by atoms with van der Waals surface area (Å²) >= 11 is 0. The largest absolute Gasteiger partial charge is 0.207 e. The predicted octanol–water partition coefficient (Wildman–Crippen LogP) is 10.4. The van der Waals surface area contributed by atoms with E-state index in [1.165, 1.54) is 56.2 Å². The molecule has 2 aliphatic carbocycles. The quantitative estimate of drug-likeness (QED) is 0.266. The normalized spacial score (nSPS) is 18.5. The van der Waals surface area contributed by atoms with Crippen LogP contribution in [-0.2, 0) is 12.8 Å². The first kappa shape index (κ1) is 26.9. The molecule has 198 valence electrons. The van der Waals surface area contributed by atoms with Crippen LogP contribution in [0, 0.1) is 18.7 Å². The summed E-state index contributed by atoms with van der Waals surface area (Å²) in [7, 11) is 0. The molecule has 3 aromatic rings. The molecule has 0 aromatic heterocycles. The van der Waals surface area contributed by atoms with Gasteiger partial charge in [-0.3, -0.25) is 0 Å². The fourth-order valence-electron chi connectivity index (χ4n) is 6.28. The molecule has 0 spiro atoms. The Labute approximate surface area is 234 Å². The lowest BCUT2D eigenvalue weighted by molar-refractivity contribution is 0.624. The van der Waals surface area contributed by atoms with E-state index in [2.05, 4.69) is 94.6 Å². The second-order valence-corrected chi connectivity index (χ2v) is 11.2. The summed E-state index contributed by atoms with van der Waals surface area (Å²) in [6.45, 7) is 15.1. The first-order chi connectivity index (χ1) is 18.8. The summed E-state index contributed by atoms with van der Waals surface area (Å²) in [4.78, 5) is 0. The highest BCUT2D eigenvalue weighted by Crippen LogP contribution is 2.49. The molecule has 0 saturated heterocycles. The van der Waals surface area contributed by atoms with E-state index in [9.17, 15) is 4.39 Å². The van der Waals surface area contributed by atoms with Crippen molar-refractivity contribution in [1.82, 2.24) is 0 Å². The monoisotopic (exact) mass is 514 g/mol. The zero-order valence-electron chi connectivity index (χ0n) is 23.6. The standard InChI is InChI=1S/C38H39F/c1-6-35-30(19-15-28-16-20-31(21-28)25(2)3)9-8-12-36(35)38-24-33(29-17-13-26(4)14-18-29)23-37(38)27(5)32-10-7-11-34(39)22-32/h7-14,16-18,20,22-23,37-38H,2,5-6,15,19,21,24H2,1,3-4H3. The van der Waals surface area contributed by atoms with E-state index in [1.807, 2.05) is 6.07 Å². The highest BCUT2D eigenvalue weighted by Gasteiger charge is 2.33. The maximum absolute atomic E-state index is 14.2. The van der Waals surface area contributed by atoms with Crippen LogP contribution in [-0.4, -0.2) is 0 Å². The second-order valence-electron chi connectivity index (χ2n) is 11.2. The first-order valence-corrected chi connectivity index (χ1v) is 14.2. The van der Waals surface area contributed by atoms with E-state index in [1.54, 1.807) is 12.1 Å². The molecule has 0 radical (unpaired) electrons. The van der Waals surface area contributed by atoms with Gasteiger partial charge in [0.05, 0.1) is 0 Å². The molecule has 0 N–H and O–H groups in total. The van der Waals surface area contributed by atoms with E-state index in [4.69, 9.17) is 0 Å². The predicted molar refractivity (Wildman–Crippen MR) is 165 cm³/mol. The first-order valence-electron chi connectivity index (χ1n) is 14.2. The maximum atomic E-state index is 14.2. The highest BCUT2D eigenvalue weighted by molar-refractivity contribution is 5.78. The summed E-state index contributed by atoms with van der Waals surface area (Å²) in [6, 6.07) is 22.6. The van der Waals surface area contributed by atoms with E-state index in [0.29, 0.717) is 0 Å². The van der Waals surface area contributed by atoms with Crippen LogP contribution in [0.2, 0.25) is 0 Å². The molecule has 5 rings (SSSR count). The van der Waals surface area contributed by atoms with Crippen molar-refractivity contribution in [2.24, 2.45) is 5.92 Å². The minimum Gasteiger partial charge on any atom is -0.207 e. The van der Waals surface area contributed by atoms with Gasteiger partial charge < -0.3 is 0 Å². The van der Waals surface area contributed by atoms with Crippen molar-refractivity contribution in [3.63, 3.8) is 0 Å². The molecule has 0 saturated carbocycles. The Kier molecular flexibility index (Phi) is 7.98. The molecular formula is C38H39F. The van der Waals surface area contributed by atoms with Crippen molar-refractivity contribution in [1.29, 1.82) is 0 Å². The minimum atomic E-state index is -0.215. The van der Waals surface area contributed by atoms with Crippen molar-refractivity contribution in [3.05, 3.63) is 154 Å². The lowest BCUT2D eigenvalue weighted by Crippen LogP contribution is -2.12. The van der Waals surface area contributed by atoms with Gasteiger partial charge in [-0.25, -0.2) is 4.39 Å². The van der Waals surface area contributed by atoms with E-state index >= 15 is 0 Å². The van der Waals surface area contributed by atoms with Crippen LogP contribution in [0.5, 0.6) is 0 Å². The average molecular weight is 515 g/mol. The van der Waals surface area contributed by atoms with Crippen LogP contribution >= 0.6 is 0 Å². The van der Waals surface area contributed by atoms with Crippen LogP contribution in [0.3, 0.4) is 0 Å². The van der Waals surface area contributed by atoms with E-state index in [0.717, 1.165) is 43.2 Å². The summed E-state index contributed by atoms with van der Waals surface area (Å²) in [5.74, 6) is 0.172. The molecule has 39 heavy (non-hydrogen) atoms. The van der Waals surface area contributed by atoms with Crippen LogP contribution in [0.4, 0.5) is 4.39 Å². The van der Waals surface area contributed by atoms with Gasteiger partial charge in [0.1, 0.15) is 5.82 Å². The van der Waals surface area contributed by atoms with Crippen LogP contribution in [0.1, 0.15) is 72.4 Å². The molecule has 0 nitrogen and oxygen atoms in total. The third-order valence-electron chi connectivity index (χ3n) is 8.54. The fourth-order valence-corrected chi connectivity index (χ4v) is 6.28. The van der Waals surface area contributed by atoms with Crippen molar-refractivity contribution in [2.75, 3.05) is 0 Å². The van der Waals surface area contributed by atoms with Crippen molar-refractivity contribution in [2.45, 2.75) is 58.8 Å². The molecule has 0 bridgehead atoms. The number of benzene rings is 3. The van der Waals surface area contributed by atoms with Gasteiger partial charge in [0.25, 0.3) is 0 Å².